The Bertz CT molecular complexity index is 886. The molecule has 4 heteroatoms. The molecule has 3 aromatic rings. The molecule has 0 aliphatic carbocycles. The first kappa shape index (κ1) is 15.7. The molecular formula is C20H18N2O2. The van der Waals surface area contributed by atoms with Gasteiger partial charge in [0.2, 0.25) is 0 Å². The van der Waals surface area contributed by atoms with Crippen LogP contribution in [-0.4, -0.2) is 10.9 Å². The lowest BCUT2D eigenvalue weighted by atomic mass is 10.0. The Morgan fingerprint density at radius 3 is 2.29 bits per heavy atom. The third kappa shape index (κ3) is 3.43. The van der Waals surface area contributed by atoms with Crippen molar-refractivity contribution in [2.45, 2.75) is 13.0 Å². The molecule has 0 bridgehead atoms. The first-order chi connectivity index (χ1) is 11.6. The van der Waals surface area contributed by atoms with Gasteiger partial charge in [0.05, 0.1) is 11.6 Å². The van der Waals surface area contributed by atoms with Gasteiger partial charge in [0.1, 0.15) is 0 Å². The van der Waals surface area contributed by atoms with Gasteiger partial charge in [-0.1, -0.05) is 60.7 Å². The van der Waals surface area contributed by atoms with Crippen LogP contribution in [0.25, 0.3) is 11.1 Å². The highest BCUT2D eigenvalue weighted by Gasteiger charge is 2.13. The van der Waals surface area contributed by atoms with Crippen LogP contribution in [0.5, 0.6) is 0 Å². The number of carbonyl (C=O) groups is 1. The average molecular weight is 318 g/mol. The Labute approximate surface area is 140 Å². The van der Waals surface area contributed by atoms with Crippen molar-refractivity contribution in [2.75, 3.05) is 0 Å². The highest BCUT2D eigenvalue weighted by molar-refractivity contribution is 5.95. The zero-order valence-corrected chi connectivity index (χ0v) is 13.3. The first-order valence-corrected chi connectivity index (χ1v) is 7.79. The second-order valence-corrected chi connectivity index (χ2v) is 5.60. The maximum atomic E-state index is 12.5. The zero-order chi connectivity index (χ0) is 16.9. The van der Waals surface area contributed by atoms with E-state index in [9.17, 15) is 9.59 Å². The number of hydrogen-bond acceptors (Lipinski definition) is 2. The molecule has 1 heterocycles. The van der Waals surface area contributed by atoms with E-state index in [4.69, 9.17) is 0 Å². The molecule has 0 fully saturated rings. The monoisotopic (exact) mass is 318 g/mol. The van der Waals surface area contributed by atoms with Crippen LogP contribution in [0.4, 0.5) is 0 Å². The number of hydrogen-bond donors (Lipinski definition) is 2. The molecule has 2 N–H and O–H groups in total. The Morgan fingerprint density at radius 2 is 1.62 bits per heavy atom. The molecular weight excluding hydrogens is 300 g/mol. The van der Waals surface area contributed by atoms with Crippen LogP contribution in [0.3, 0.4) is 0 Å². The predicted molar refractivity (Wildman–Crippen MR) is 94.8 cm³/mol. The fraction of sp³-hybridized carbons (Fsp3) is 0.100. The molecule has 24 heavy (non-hydrogen) atoms. The van der Waals surface area contributed by atoms with E-state index in [-0.39, 0.29) is 17.5 Å². The Morgan fingerprint density at radius 1 is 1.00 bits per heavy atom. The maximum Gasteiger partial charge on any atom is 0.255 e. The molecule has 0 saturated heterocycles. The molecule has 120 valence electrons. The number of rotatable bonds is 4. The molecule has 0 aliphatic rings. The van der Waals surface area contributed by atoms with Crippen LogP contribution in [0, 0.1) is 0 Å². The SMILES string of the molecule is CC(NC(=O)c1c[nH]c(=O)c(-c2ccccc2)c1)c1ccccc1. The Hall–Kier alpha value is -3.14. The smallest absolute Gasteiger partial charge is 0.255 e. The van der Waals surface area contributed by atoms with Crippen LogP contribution >= 0.6 is 0 Å². The molecule has 0 spiro atoms. The summed E-state index contributed by atoms with van der Waals surface area (Å²) in [6, 6.07) is 20.5. The van der Waals surface area contributed by atoms with Gasteiger partial charge in [0, 0.05) is 11.8 Å². The topological polar surface area (TPSA) is 62.0 Å². The summed E-state index contributed by atoms with van der Waals surface area (Å²) < 4.78 is 0. The summed E-state index contributed by atoms with van der Waals surface area (Å²) in [5.74, 6) is -0.222. The number of aromatic amines is 1. The van der Waals surface area contributed by atoms with Gasteiger partial charge >= 0.3 is 0 Å². The lowest BCUT2D eigenvalue weighted by Crippen LogP contribution is -2.27. The van der Waals surface area contributed by atoms with Gasteiger partial charge in [-0.3, -0.25) is 9.59 Å². The molecule has 1 amide bonds. The fourth-order valence-corrected chi connectivity index (χ4v) is 2.55. The molecule has 1 atom stereocenters. The normalized spacial score (nSPS) is 11.7. The van der Waals surface area contributed by atoms with Crippen molar-refractivity contribution in [3.63, 3.8) is 0 Å². The molecule has 4 nitrogen and oxygen atoms in total. The lowest BCUT2D eigenvalue weighted by molar-refractivity contribution is 0.0939. The van der Waals surface area contributed by atoms with Gasteiger partial charge in [0.15, 0.2) is 0 Å². The third-order valence-electron chi connectivity index (χ3n) is 3.90. The molecule has 1 aromatic heterocycles. The number of aromatic nitrogens is 1. The number of H-pyrrole nitrogens is 1. The first-order valence-electron chi connectivity index (χ1n) is 7.79. The van der Waals surface area contributed by atoms with Crippen molar-refractivity contribution in [3.8, 4) is 11.1 Å². The van der Waals surface area contributed by atoms with E-state index in [1.165, 1.54) is 6.20 Å². The van der Waals surface area contributed by atoms with Crippen LogP contribution in [0.15, 0.2) is 77.7 Å². The van der Waals surface area contributed by atoms with E-state index < -0.39 is 0 Å². The van der Waals surface area contributed by atoms with Crippen LogP contribution < -0.4 is 10.9 Å². The molecule has 0 aliphatic heterocycles. The standard InChI is InChI=1S/C20H18N2O2/c1-14(15-8-4-2-5-9-15)22-19(23)17-12-18(20(24)21-13-17)16-10-6-3-7-11-16/h2-14H,1H3,(H,21,24)(H,22,23). The van der Waals surface area contributed by atoms with Gasteiger partial charge in [-0.15, -0.1) is 0 Å². The van der Waals surface area contributed by atoms with E-state index in [2.05, 4.69) is 10.3 Å². The van der Waals surface area contributed by atoms with Gasteiger partial charge in [-0.25, -0.2) is 0 Å². The summed E-state index contributed by atoms with van der Waals surface area (Å²) >= 11 is 0. The van der Waals surface area contributed by atoms with Gasteiger partial charge in [0.25, 0.3) is 11.5 Å². The van der Waals surface area contributed by atoms with E-state index >= 15 is 0 Å². The minimum absolute atomic E-state index is 0.120. The van der Waals surface area contributed by atoms with Gasteiger partial charge < -0.3 is 10.3 Å². The summed E-state index contributed by atoms with van der Waals surface area (Å²) in [7, 11) is 0. The maximum absolute atomic E-state index is 12.5. The summed E-state index contributed by atoms with van der Waals surface area (Å²) in [5.41, 5.74) is 2.50. The Balaban J connectivity index is 1.85. The molecule has 3 rings (SSSR count). The summed E-state index contributed by atoms with van der Waals surface area (Å²) in [4.78, 5) is 27.2. The largest absolute Gasteiger partial charge is 0.345 e. The number of amides is 1. The van der Waals surface area contributed by atoms with Crippen LogP contribution in [0.2, 0.25) is 0 Å². The average Bonchev–Trinajstić information content (AvgIpc) is 2.63. The number of nitrogens with one attached hydrogen (secondary N) is 2. The van der Waals surface area contributed by atoms with Crippen molar-refractivity contribution in [1.29, 1.82) is 0 Å². The van der Waals surface area contributed by atoms with Crippen molar-refractivity contribution in [3.05, 3.63) is 94.4 Å². The van der Waals surface area contributed by atoms with Crippen LogP contribution in [0.1, 0.15) is 28.9 Å². The number of pyridine rings is 1. The molecule has 0 radical (unpaired) electrons. The summed E-state index contributed by atoms with van der Waals surface area (Å²) in [5, 5.41) is 2.95. The third-order valence-corrected chi connectivity index (χ3v) is 3.90. The van der Waals surface area contributed by atoms with E-state index in [0.29, 0.717) is 11.1 Å². The minimum Gasteiger partial charge on any atom is -0.345 e. The Kier molecular flexibility index (Phi) is 4.57. The van der Waals surface area contributed by atoms with Crippen LogP contribution in [-0.2, 0) is 0 Å². The minimum atomic E-state index is -0.222. The van der Waals surface area contributed by atoms with Crippen molar-refractivity contribution < 1.29 is 4.79 Å². The second-order valence-electron chi connectivity index (χ2n) is 5.60. The van der Waals surface area contributed by atoms with Gasteiger partial charge in [-0.2, -0.15) is 0 Å². The van der Waals surface area contributed by atoms with E-state index in [1.807, 2.05) is 67.6 Å². The van der Waals surface area contributed by atoms with E-state index in [0.717, 1.165) is 11.1 Å². The predicted octanol–water partition coefficient (Wildman–Crippen LogP) is 3.53. The quantitative estimate of drug-likeness (QED) is 0.773. The van der Waals surface area contributed by atoms with Gasteiger partial charge in [-0.05, 0) is 24.1 Å². The zero-order valence-electron chi connectivity index (χ0n) is 13.3. The number of benzene rings is 2. The summed E-state index contributed by atoms with van der Waals surface area (Å²) in [6.45, 7) is 1.93. The van der Waals surface area contributed by atoms with E-state index in [1.54, 1.807) is 6.07 Å². The summed E-state index contributed by atoms with van der Waals surface area (Å²) in [6.07, 6.45) is 1.45. The van der Waals surface area contributed by atoms with Crippen molar-refractivity contribution in [1.82, 2.24) is 10.3 Å². The lowest BCUT2D eigenvalue weighted by Gasteiger charge is -2.14. The fourth-order valence-electron chi connectivity index (χ4n) is 2.55. The van der Waals surface area contributed by atoms with Crippen molar-refractivity contribution in [2.24, 2.45) is 0 Å². The van der Waals surface area contributed by atoms with Crippen molar-refractivity contribution >= 4 is 5.91 Å². The number of carbonyl (C=O) groups excluding carboxylic acids is 1. The molecule has 2 aromatic carbocycles. The highest BCUT2D eigenvalue weighted by atomic mass is 16.2. The molecule has 1 unspecified atom stereocenters. The highest BCUT2D eigenvalue weighted by Crippen LogP contribution is 2.17. The molecule has 0 saturated carbocycles. The second kappa shape index (κ2) is 6.96.